The highest BCUT2D eigenvalue weighted by Crippen LogP contribution is 2.14. The first-order valence-electron chi connectivity index (χ1n) is 9.77. The quantitative estimate of drug-likeness (QED) is 0.380. The molecule has 2 fully saturated rings. The van der Waals surface area contributed by atoms with E-state index in [0.717, 1.165) is 71.2 Å². The number of carbonyl (C=O) groups excluding carboxylic acids is 1. The van der Waals surface area contributed by atoms with Crippen LogP contribution in [-0.2, 0) is 11.3 Å². The van der Waals surface area contributed by atoms with Gasteiger partial charge in [-0.15, -0.1) is 35.3 Å². The Balaban J connectivity index is 0.00000261. The molecule has 0 aromatic carbocycles. The van der Waals surface area contributed by atoms with Gasteiger partial charge in [-0.1, -0.05) is 6.07 Å². The predicted molar refractivity (Wildman–Crippen MR) is 123 cm³/mol. The first-order chi connectivity index (χ1) is 12.7. The molecule has 1 unspecified atom stereocenters. The summed E-state index contributed by atoms with van der Waals surface area (Å²) in [5.41, 5.74) is 0. The Morgan fingerprint density at radius 2 is 1.89 bits per heavy atom. The number of hydrogen-bond acceptors (Lipinski definition) is 4. The van der Waals surface area contributed by atoms with Gasteiger partial charge in [-0.25, -0.2) is 4.99 Å². The molecule has 1 atom stereocenters. The fraction of sp³-hybridized carbons (Fsp3) is 0.684. The van der Waals surface area contributed by atoms with E-state index in [-0.39, 0.29) is 30.0 Å². The summed E-state index contributed by atoms with van der Waals surface area (Å²) >= 11 is 1.75. The number of aliphatic imine (C=N–C) groups is 1. The van der Waals surface area contributed by atoms with Gasteiger partial charge in [-0.3, -0.25) is 9.69 Å². The van der Waals surface area contributed by atoms with E-state index < -0.39 is 0 Å². The fourth-order valence-electron chi connectivity index (χ4n) is 3.66. The van der Waals surface area contributed by atoms with Gasteiger partial charge in [0.1, 0.15) is 0 Å². The Bertz CT molecular complexity index is 595. The molecule has 1 aromatic rings. The maximum absolute atomic E-state index is 12.6. The van der Waals surface area contributed by atoms with Crippen LogP contribution < -0.4 is 5.32 Å². The molecule has 152 valence electrons. The third kappa shape index (κ3) is 6.05. The van der Waals surface area contributed by atoms with E-state index in [0.29, 0.717) is 5.91 Å². The first-order valence-corrected chi connectivity index (χ1v) is 10.7. The second-order valence-corrected chi connectivity index (χ2v) is 8.01. The van der Waals surface area contributed by atoms with Gasteiger partial charge in [0.2, 0.25) is 5.91 Å². The van der Waals surface area contributed by atoms with Gasteiger partial charge in [0, 0.05) is 50.7 Å². The summed E-state index contributed by atoms with van der Waals surface area (Å²) in [4.78, 5) is 25.4. The number of nitrogens with zero attached hydrogens (tertiary/aromatic N) is 4. The molecule has 2 aliphatic rings. The molecule has 0 spiro atoms. The number of amides is 1. The van der Waals surface area contributed by atoms with Gasteiger partial charge in [-0.2, -0.15) is 0 Å². The van der Waals surface area contributed by atoms with Gasteiger partial charge in [0.25, 0.3) is 0 Å². The van der Waals surface area contributed by atoms with Gasteiger partial charge < -0.3 is 15.1 Å². The minimum Gasteiger partial charge on any atom is -0.357 e. The van der Waals surface area contributed by atoms with Crippen LogP contribution in [-0.4, -0.2) is 78.4 Å². The summed E-state index contributed by atoms with van der Waals surface area (Å²) in [5, 5.41) is 5.51. The minimum absolute atomic E-state index is 0. The van der Waals surface area contributed by atoms with E-state index in [1.165, 1.54) is 4.88 Å². The second kappa shape index (κ2) is 11.2. The van der Waals surface area contributed by atoms with Crippen molar-refractivity contribution in [1.82, 2.24) is 20.0 Å². The monoisotopic (exact) mass is 505 g/mol. The maximum atomic E-state index is 12.6. The Kier molecular flexibility index (Phi) is 9.31. The Labute approximate surface area is 184 Å². The molecule has 3 heterocycles. The van der Waals surface area contributed by atoms with Crippen LogP contribution in [0.1, 0.15) is 31.6 Å². The molecule has 1 amide bonds. The van der Waals surface area contributed by atoms with Crippen LogP contribution in [0.25, 0.3) is 0 Å². The summed E-state index contributed by atoms with van der Waals surface area (Å²) in [6.07, 6.45) is 2.30. The summed E-state index contributed by atoms with van der Waals surface area (Å²) in [5.74, 6) is 1.29. The Morgan fingerprint density at radius 3 is 2.48 bits per heavy atom. The van der Waals surface area contributed by atoms with Crippen LogP contribution in [0.3, 0.4) is 0 Å². The normalized spacial score (nSPS) is 19.7. The van der Waals surface area contributed by atoms with E-state index >= 15 is 0 Å². The molecule has 0 bridgehead atoms. The summed E-state index contributed by atoms with van der Waals surface area (Å²) in [7, 11) is 0. The van der Waals surface area contributed by atoms with Crippen molar-refractivity contribution in [3.05, 3.63) is 22.4 Å². The number of rotatable bonds is 5. The number of likely N-dealkylation sites (tertiary alicyclic amines) is 1. The molecule has 8 heteroatoms. The SMILES string of the molecule is CCNC(=NCc1cccs1)N1CCN(C(C)C(=O)N2CCCC2)CC1.I. The van der Waals surface area contributed by atoms with Crippen molar-refractivity contribution in [3.63, 3.8) is 0 Å². The lowest BCUT2D eigenvalue weighted by Gasteiger charge is -2.39. The van der Waals surface area contributed by atoms with Crippen LogP contribution in [0.15, 0.2) is 22.5 Å². The first kappa shape index (κ1) is 22.4. The predicted octanol–water partition coefficient (Wildman–Crippen LogP) is 2.46. The molecule has 1 N–H and O–H groups in total. The highest BCUT2D eigenvalue weighted by molar-refractivity contribution is 14.0. The van der Waals surface area contributed by atoms with Gasteiger partial charge in [0.05, 0.1) is 12.6 Å². The van der Waals surface area contributed by atoms with E-state index in [4.69, 9.17) is 4.99 Å². The molecule has 0 saturated carbocycles. The average Bonchev–Trinajstić information content (AvgIpc) is 3.38. The van der Waals surface area contributed by atoms with E-state index in [1.54, 1.807) is 11.3 Å². The van der Waals surface area contributed by atoms with Gasteiger partial charge >= 0.3 is 0 Å². The van der Waals surface area contributed by atoms with Gasteiger partial charge in [0.15, 0.2) is 5.96 Å². The van der Waals surface area contributed by atoms with Crippen molar-refractivity contribution in [2.75, 3.05) is 45.8 Å². The molecule has 6 nitrogen and oxygen atoms in total. The highest BCUT2D eigenvalue weighted by atomic mass is 127. The second-order valence-electron chi connectivity index (χ2n) is 6.98. The zero-order chi connectivity index (χ0) is 18.4. The molecular formula is C19H32IN5OS. The van der Waals surface area contributed by atoms with E-state index in [9.17, 15) is 4.79 Å². The number of guanidine groups is 1. The maximum Gasteiger partial charge on any atom is 0.239 e. The smallest absolute Gasteiger partial charge is 0.239 e. The van der Waals surface area contributed by atoms with Crippen LogP contribution in [0.5, 0.6) is 0 Å². The molecule has 0 radical (unpaired) electrons. The van der Waals surface area contributed by atoms with E-state index in [2.05, 4.69) is 46.5 Å². The lowest BCUT2D eigenvalue weighted by molar-refractivity contribution is -0.135. The lowest BCUT2D eigenvalue weighted by atomic mass is 10.2. The van der Waals surface area contributed by atoms with Crippen molar-refractivity contribution < 1.29 is 4.79 Å². The van der Waals surface area contributed by atoms with Crippen molar-refractivity contribution in [3.8, 4) is 0 Å². The van der Waals surface area contributed by atoms with Crippen LogP contribution in [0.4, 0.5) is 0 Å². The van der Waals surface area contributed by atoms with Crippen molar-refractivity contribution >= 4 is 47.2 Å². The average molecular weight is 505 g/mol. The molecule has 27 heavy (non-hydrogen) atoms. The fourth-order valence-corrected chi connectivity index (χ4v) is 4.29. The number of carbonyl (C=O) groups is 1. The largest absolute Gasteiger partial charge is 0.357 e. The number of halogens is 1. The number of thiophene rings is 1. The van der Waals surface area contributed by atoms with Crippen molar-refractivity contribution in [1.29, 1.82) is 0 Å². The third-order valence-electron chi connectivity index (χ3n) is 5.24. The van der Waals surface area contributed by atoms with Crippen molar-refractivity contribution in [2.24, 2.45) is 4.99 Å². The molecule has 3 rings (SSSR count). The lowest BCUT2D eigenvalue weighted by Crippen LogP contribution is -2.57. The topological polar surface area (TPSA) is 51.2 Å². The van der Waals surface area contributed by atoms with Crippen molar-refractivity contribution in [2.45, 2.75) is 39.3 Å². The zero-order valence-electron chi connectivity index (χ0n) is 16.4. The molecule has 0 aliphatic carbocycles. The van der Waals surface area contributed by atoms with E-state index in [1.807, 2.05) is 4.90 Å². The minimum atomic E-state index is -0.0131. The molecule has 2 saturated heterocycles. The Morgan fingerprint density at radius 1 is 1.19 bits per heavy atom. The Hall–Kier alpha value is -0.870. The standard InChI is InChI=1S/C19H31N5OS.HI/c1-3-20-19(21-15-17-7-6-14-26-17)24-12-10-22(11-13-24)16(2)18(25)23-8-4-5-9-23;/h6-7,14,16H,3-5,8-13,15H2,1-2H3,(H,20,21);1H. The third-order valence-corrected chi connectivity index (χ3v) is 6.10. The number of hydrogen-bond donors (Lipinski definition) is 1. The molecular weight excluding hydrogens is 473 g/mol. The highest BCUT2D eigenvalue weighted by Gasteiger charge is 2.30. The van der Waals surface area contributed by atoms with Gasteiger partial charge in [-0.05, 0) is 38.1 Å². The summed E-state index contributed by atoms with van der Waals surface area (Å²) in [6, 6.07) is 4.18. The zero-order valence-corrected chi connectivity index (χ0v) is 19.5. The van der Waals surface area contributed by atoms with Crippen LogP contribution >= 0.6 is 35.3 Å². The molecule has 1 aromatic heterocycles. The van der Waals surface area contributed by atoms with Crippen LogP contribution in [0, 0.1) is 0 Å². The molecule has 2 aliphatic heterocycles. The summed E-state index contributed by atoms with van der Waals surface area (Å²) < 4.78 is 0. The van der Waals surface area contributed by atoms with Crippen LogP contribution in [0.2, 0.25) is 0 Å². The number of nitrogens with one attached hydrogen (secondary N) is 1. The summed E-state index contributed by atoms with van der Waals surface area (Å²) in [6.45, 7) is 11.3. The number of piperazine rings is 1.